The van der Waals surface area contributed by atoms with Gasteiger partial charge in [0.2, 0.25) is 5.91 Å². The molecule has 2 aromatic rings. The summed E-state index contributed by atoms with van der Waals surface area (Å²) in [5.41, 5.74) is 5.24. The minimum absolute atomic E-state index is 0.0371. The van der Waals surface area contributed by atoms with Gasteiger partial charge in [-0.1, -0.05) is 6.58 Å². The van der Waals surface area contributed by atoms with E-state index in [2.05, 4.69) is 22.2 Å². The molecule has 2 aliphatic heterocycles. The molecule has 0 saturated carbocycles. The second kappa shape index (κ2) is 8.23. The Labute approximate surface area is 180 Å². The number of amides is 3. The minimum Gasteiger partial charge on any atom is -0.378 e. The van der Waals surface area contributed by atoms with E-state index in [1.54, 1.807) is 29.2 Å². The monoisotopic (exact) mass is 420 g/mol. The van der Waals surface area contributed by atoms with Crippen LogP contribution in [-0.4, -0.2) is 53.9 Å². The van der Waals surface area contributed by atoms with Crippen molar-refractivity contribution in [1.29, 1.82) is 0 Å². The lowest BCUT2D eigenvalue weighted by atomic mass is 10.0. The van der Waals surface area contributed by atoms with E-state index in [0.717, 1.165) is 11.3 Å². The number of nitrogens with zero attached hydrogens (tertiary/aromatic N) is 1. The fraction of sp³-hybridized carbons (Fsp3) is 0.261. The predicted octanol–water partition coefficient (Wildman–Crippen LogP) is 2.72. The number of aryl methyl sites for hydroxylation is 1. The highest BCUT2D eigenvalue weighted by Gasteiger charge is 2.27. The van der Waals surface area contributed by atoms with Crippen molar-refractivity contribution < 1.29 is 19.1 Å². The van der Waals surface area contributed by atoms with Gasteiger partial charge in [-0.15, -0.1) is 0 Å². The number of aromatic nitrogens is 1. The first-order chi connectivity index (χ1) is 14.9. The number of rotatable bonds is 4. The maximum Gasteiger partial charge on any atom is 0.256 e. The highest BCUT2D eigenvalue weighted by Crippen LogP contribution is 2.36. The van der Waals surface area contributed by atoms with Gasteiger partial charge in [-0.05, 0) is 49.8 Å². The maximum absolute atomic E-state index is 13.0. The Kier molecular flexibility index (Phi) is 5.48. The van der Waals surface area contributed by atoms with Crippen molar-refractivity contribution in [3.05, 3.63) is 58.9 Å². The Balaban J connectivity index is 1.69. The molecule has 0 radical (unpaired) electrons. The quantitative estimate of drug-likeness (QED) is 0.662. The zero-order valence-corrected chi connectivity index (χ0v) is 17.5. The zero-order valence-electron chi connectivity index (χ0n) is 17.5. The number of benzene rings is 1. The molecule has 0 aliphatic carbocycles. The van der Waals surface area contributed by atoms with Gasteiger partial charge < -0.3 is 25.3 Å². The van der Waals surface area contributed by atoms with Crippen LogP contribution in [0.4, 0.5) is 11.4 Å². The average Bonchev–Trinajstić information content (AvgIpc) is 3.23. The molecule has 0 atom stereocenters. The molecular weight excluding hydrogens is 396 g/mol. The molecule has 3 amide bonds. The minimum atomic E-state index is -0.329. The summed E-state index contributed by atoms with van der Waals surface area (Å²) < 4.78 is 5.34. The predicted molar refractivity (Wildman–Crippen MR) is 119 cm³/mol. The Hall–Kier alpha value is -3.65. The first-order valence-corrected chi connectivity index (χ1v) is 10.1. The molecule has 31 heavy (non-hydrogen) atoms. The SMILES string of the molecule is C=CC(=O)Nc1ccc2c(c1)C(=Cc1[nH]c(C)c(C(=O)N3CCOCC3)c1C)C(=O)N2. The molecular formula is C23H24N4O4. The number of H-pyrrole nitrogens is 1. The van der Waals surface area contributed by atoms with Crippen molar-refractivity contribution in [2.75, 3.05) is 36.9 Å². The van der Waals surface area contributed by atoms with Crippen molar-refractivity contribution in [2.24, 2.45) is 0 Å². The Morgan fingerprint density at radius 3 is 2.68 bits per heavy atom. The largest absolute Gasteiger partial charge is 0.378 e. The number of aromatic amines is 1. The molecule has 0 spiro atoms. The molecule has 1 saturated heterocycles. The number of hydrogen-bond acceptors (Lipinski definition) is 4. The molecule has 160 valence electrons. The lowest BCUT2D eigenvalue weighted by molar-refractivity contribution is -0.112. The van der Waals surface area contributed by atoms with Gasteiger partial charge in [0.05, 0.1) is 24.4 Å². The third kappa shape index (κ3) is 3.89. The third-order valence-corrected chi connectivity index (χ3v) is 5.53. The van der Waals surface area contributed by atoms with Crippen molar-refractivity contribution in [1.82, 2.24) is 9.88 Å². The van der Waals surface area contributed by atoms with E-state index in [-0.39, 0.29) is 17.7 Å². The van der Waals surface area contributed by atoms with Crippen LogP contribution in [0.1, 0.15) is 32.9 Å². The van der Waals surface area contributed by atoms with E-state index in [1.807, 2.05) is 13.8 Å². The van der Waals surface area contributed by atoms with Gasteiger partial charge in [0.25, 0.3) is 11.8 Å². The fourth-order valence-electron chi connectivity index (χ4n) is 3.91. The summed E-state index contributed by atoms with van der Waals surface area (Å²) in [5, 5.41) is 5.54. The second-order valence-electron chi connectivity index (χ2n) is 7.53. The molecule has 8 nitrogen and oxygen atoms in total. The van der Waals surface area contributed by atoms with E-state index in [4.69, 9.17) is 4.74 Å². The standard InChI is InChI=1S/C23H24N4O4/c1-4-20(28)25-15-5-6-18-16(11-15)17(22(29)26-18)12-19-13(2)21(14(3)24-19)23(30)27-7-9-31-10-8-27/h4-6,11-12,24H,1,7-10H2,2-3H3,(H,25,28)(H,26,29). The van der Waals surface area contributed by atoms with Gasteiger partial charge in [0.15, 0.2) is 0 Å². The summed E-state index contributed by atoms with van der Waals surface area (Å²) in [6.45, 7) is 9.37. The normalized spacial score (nSPS) is 16.8. The van der Waals surface area contributed by atoms with Crippen LogP contribution >= 0.6 is 0 Å². The number of morpholine rings is 1. The molecule has 1 aromatic heterocycles. The van der Waals surface area contributed by atoms with Gasteiger partial charge >= 0.3 is 0 Å². The molecule has 0 bridgehead atoms. The number of carbonyl (C=O) groups excluding carboxylic acids is 3. The van der Waals surface area contributed by atoms with E-state index >= 15 is 0 Å². The number of hydrogen-bond donors (Lipinski definition) is 3. The molecule has 2 aliphatic rings. The highest BCUT2D eigenvalue weighted by atomic mass is 16.5. The first-order valence-electron chi connectivity index (χ1n) is 10.1. The Morgan fingerprint density at radius 2 is 1.97 bits per heavy atom. The average molecular weight is 420 g/mol. The van der Waals surface area contributed by atoms with Crippen LogP contribution in [0.25, 0.3) is 11.6 Å². The van der Waals surface area contributed by atoms with Gasteiger partial charge in [0.1, 0.15) is 0 Å². The lowest BCUT2D eigenvalue weighted by Gasteiger charge is -2.27. The Morgan fingerprint density at radius 1 is 1.23 bits per heavy atom. The van der Waals surface area contributed by atoms with Crippen molar-refractivity contribution in [2.45, 2.75) is 13.8 Å². The smallest absolute Gasteiger partial charge is 0.256 e. The topological polar surface area (TPSA) is 104 Å². The fourth-order valence-corrected chi connectivity index (χ4v) is 3.91. The highest BCUT2D eigenvalue weighted by molar-refractivity contribution is 6.35. The molecule has 3 N–H and O–H groups in total. The number of ether oxygens (including phenoxy) is 1. The van der Waals surface area contributed by atoms with E-state index < -0.39 is 0 Å². The number of nitrogens with one attached hydrogen (secondary N) is 3. The van der Waals surface area contributed by atoms with E-state index in [1.165, 1.54) is 6.08 Å². The molecule has 4 rings (SSSR count). The van der Waals surface area contributed by atoms with Crippen LogP contribution in [0, 0.1) is 13.8 Å². The van der Waals surface area contributed by atoms with Crippen molar-refractivity contribution in [3.63, 3.8) is 0 Å². The summed E-state index contributed by atoms with van der Waals surface area (Å²) in [6.07, 6.45) is 2.93. The molecule has 0 unspecified atom stereocenters. The summed E-state index contributed by atoms with van der Waals surface area (Å²) in [6, 6.07) is 5.20. The molecule has 1 aromatic carbocycles. The lowest BCUT2D eigenvalue weighted by Crippen LogP contribution is -2.41. The number of carbonyl (C=O) groups is 3. The van der Waals surface area contributed by atoms with Crippen LogP contribution in [0.5, 0.6) is 0 Å². The van der Waals surface area contributed by atoms with Crippen LogP contribution in [-0.2, 0) is 14.3 Å². The van der Waals surface area contributed by atoms with Gasteiger partial charge in [0, 0.05) is 41.4 Å². The molecule has 8 heteroatoms. The van der Waals surface area contributed by atoms with Crippen molar-refractivity contribution >= 4 is 40.7 Å². The van der Waals surface area contributed by atoms with Crippen LogP contribution in [0.15, 0.2) is 30.9 Å². The van der Waals surface area contributed by atoms with E-state index in [9.17, 15) is 14.4 Å². The zero-order chi connectivity index (χ0) is 22.1. The summed E-state index contributed by atoms with van der Waals surface area (Å²) in [4.78, 5) is 42.3. The summed E-state index contributed by atoms with van der Waals surface area (Å²) >= 11 is 0. The molecule has 1 fully saturated rings. The summed E-state index contributed by atoms with van der Waals surface area (Å²) in [7, 11) is 0. The van der Waals surface area contributed by atoms with Gasteiger partial charge in [-0.25, -0.2) is 0 Å². The van der Waals surface area contributed by atoms with Crippen molar-refractivity contribution in [3.8, 4) is 0 Å². The number of fused-ring (bicyclic) bond motifs is 1. The second-order valence-corrected chi connectivity index (χ2v) is 7.53. The Bertz CT molecular complexity index is 1120. The summed E-state index contributed by atoms with van der Waals surface area (Å²) in [5.74, 6) is -0.607. The maximum atomic E-state index is 13.0. The van der Waals surface area contributed by atoms with Crippen LogP contribution in [0.2, 0.25) is 0 Å². The first kappa shape index (κ1) is 20.6. The molecule has 3 heterocycles. The number of anilines is 2. The van der Waals surface area contributed by atoms with Crippen LogP contribution < -0.4 is 10.6 Å². The van der Waals surface area contributed by atoms with E-state index in [0.29, 0.717) is 60.1 Å². The van der Waals surface area contributed by atoms with Gasteiger partial charge in [-0.3, -0.25) is 14.4 Å². The van der Waals surface area contributed by atoms with Gasteiger partial charge in [-0.2, -0.15) is 0 Å². The van der Waals surface area contributed by atoms with Crippen LogP contribution in [0.3, 0.4) is 0 Å². The third-order valence-electron chi connectivity index (χ3n) is 5.53.